The van der Waals surface area contributed by atoms with Crippen LogP contribution >= 0.6 is 0 Å². The predicted molar refractivity (Wildman–Crippen MR) is 71.2 cm³/mol. The minimum atomic E-state index is -0.136. The molecule has 0 spiro atoms. The van der Waals surface area contributed by atoms with Crippen LogP contribution in [0, 0.1) is 0 Å². The Bertz CT molecular complexity index is 671. The van der Waals surface area contributed by atoms with Crippen LogP contribution in [0.25, 0.3) is 10.9 Å². The average Bonchev–Trinajstić information content (AvgIpc) is 2.90. The number of ether oxygens (including phenoxy) is 1. The lowest BCUT2D eigenvalue weighted by Gasteiger charge is -2.14. The van der Waals surface area contributed by atoms with Crippen LogP contribution < -0.4 is 9.64 Å². The minimum Gasteiger partial charge on any atom is -0.497 e. The Morgan fingerprint density at radius 1 is 1.11 bits per heavy atom. The fraction of sp³-hybridized carbons (Fsp3) is 0.286. The first-order valence-corrected chi connectivity index (χ1v) is 6.11. The molecule has 5 nitrogen and oxygen atoms in total. The van der Waals surface area contributed by atoms with E-state index in [1.807, 2.05) is 35.9 Å². The zero-order chi connectivity index (χ0) is 13.6. The highest BCUT2D eigenvalue weighted by molar-refractivity contribution is 6.20. The van der Waals surface area contributed by atoms with Crippen LogP contribution in [0.4, 0.5) is 5.82 Å². The molecule has 1 fully saturated rings. The maximum absolute atomic E-state index is 11.8. The summed E-state index contributed by atoms with van der Waals surface area (Å²) in [5, 5.41) is 0.948. The summed E-state index contributed by atoms with van der Waals surface area (Å²) >= 11 is 0. The Labute approximate surface area is 110 Å². The van der Waals surface area contributed by atoms with Gasteiger partial charge in [0, 0.05) is 30.8 Å². The number of nitrogens with zero attached hydrogens (tertiary/aromatic N) is 2. The molecule has 1 aromatic carbocycles. The van der Waals surface area contributed by atoms with E-state index in [9.17, 15) is 9.59 Å². The van der Waals surface area contributed by atoms with Crippen molar-refractivity contribution in [2.24, 2.45) is 7.05 Å². The van der Waals surface area contributed by atoms with Crippen LogP contribution in [0.3, 0.4) is 0 Å². The van der Waals surface area contributed by atoms with Crippen LogP contribution in [-0.4, -0.2) is 23.5 Å². The van der Waals surface area contributed by atoms with Crippen molar-refractivity contribution in [2.45, 2.75) is 12.8 Å². The van der Waals surface area contributed by atoms with E-state index in [1.165, 1.54) is 4.90 Å². The number of amides is 2. The van der Waals surface area contributed by atoms with Gasteiger partial charge in [0.25, 0.3) is 0 Å². The Kier molecular flexibility index (Phi) is 2.55. The van der Waals surface area contributed by atoms with Crippen molar-refractivity contribution >= 4 is 28.5 Å². The van der Waals surface area contributed by atoms with Crippen LogP contribution in [0.5, 0.6) is 5.75 Å². The number of anilines is 1. The number of carbonyl (C=O) groups excluding carboxylic acids is 2. The van der Waals surface area contributed by atoms with E-state index >= 15 is 0 Å². The monoisotopic (exact) mass is 258 g/mol. The molecular formula is C14H14N2O3. The Hall–Kier alpha value is -2.30. The highest BCUT2D eigenvalue weighted by Gasteiger charge is 2.32. The molecule has 3 rings (SSSR count). The molecule has 1 aliphatic heterocycles. The zero-order valence-corrected chi connectivity index (χ0v) is 10.8. The molecule has 0 radical (unpaired) electrons. The summed E-state index contributed by atoms with van der Waals surface area (Å²) in [6.45, 7) is 0. The number of hydrogen-bond donors (Lipinski definition) is 0. The maximum atomic E-state index is 11.8. The van der Waals surface area contributed by atoms with Gasteiger partial charge in [-0.2, -0.15) is 0 Å². The molecule has 2 heterocycles. The largest absolute Gasteiger partial charge is 0.497 e. The predicted octanol–water partition coefficient (Wildman–Crippen LogP) is 1.84. The number of aryl methyl sites for hydroxylation is 1. The highest BCUT2D eigenvalue weighted by atomic mass is 16.5. The lowest BCUT2D eigenvalue weighted by atomic mass is 10.2. The topological polar surface area (TPSA) is 51.5 Å². The highest BCUT2D eigenvalue weighted by Crippen LogP contribution is 2.31. The molecule has 5 heteroatoms. The van der Waals surface area contributed by atoms with Gasteiger partial charge in [0.2, 0.25) is 11.8 Å². The number of aromatic nitrogens is 1. The maximum Gasteiger partial charge on any atom is 0.235 e. The Morgan fingerprint density at radius 3 is 2.42 bits per heavy atom. The lowest BCUT2D eigenvalue weighted by molar-refractivity contribution is -0.121. The van der Waals surface area contributed by atoms with Crippen LogP contribution in [0.1, 0.15) is 12.8 Å². The standard InChI is InChI=1S/C14H14N2O3/c1-15-11-4-3-10(19-2)7-9(11)8-12(15)16-13(17)5-6-14(16)18/h3-4,7-8H,5-6H2,1-2H3. The Balaban J connectivity index is 2.17. The van der Waals surface area contributed by atoms with Crippen LogP contribution in [0.2, 0.25) is 0 Å². The summed E-state index contributed by atoms with van der Waals surface area (Å²) in [6, 6.07) is 7.52. The Morgan fingerprint density at radius 2 is 1.79 bits per heavy atom. The van der Waals surface area contributed by atoms with Gasteiger partial charge in [-0.05, 0) is 24.3 Å². The smallest absolute Gasteiger partial charge is 0.235 e. The molecule has 0 bridgehead atoms. The van der Waals surface area contributed by atoms with Gasteiger partial charge in [0.1, 0.15) is 11.6 Å². The summed E-state index contributed by atoms with van der Waals surface area (Å²) in [4.78, 5) is 24.9. The van der Waals surface area contributed by atoms with Crippen LogP contribution in [0.15, 0.2) is 24.3 Å². The number of carbonyl (C=O) groups is 2. The van der Waals surface area contributed by atoms with Crippen molar-refractivity contribution in [1.82, 2.24) is 4.57 Å². The quantitative estimate of drug-likeness (QED) is 0.772. The number of imide groups is 1. The van der Waals surface area contributed by atoms with Gasteiger partial charge in [-0.3, -0.25) is 9.59 Å². The van der Waals surface area contributed by atoms with Gasteiger partial charge in [-0.25, -0.2) is 4.90 Å². The molecule has 0 saturated carbocycles. The molecule has 1 saturated heterocycles. The molecule has 0 aliphatic carbocycles. The van der Waals surface area contributed by atoms with Gasteiger partial charge in [-0.1, -0.05) is 0 Å². The van der Waals surface area contributed by atoms with Gasteiger partial charge in [-0.15, -0.1) is 0 Å². The third-order valence-corrected chi connectivity index (χ3v) is 3.50. The molecule has 2 aromatic rings. The van der Waals surface area contributed by atoms with Gasteiger partial charge >= 0.3 is 0 Å². The summed E-state index contributed by atoms with van der Waals surface area (Å²) in [5.41, 5.74) is 0.961. The molecule has 2 amide bonds. The van der Waals surface area contributed by atoms with Crippen molar-refractivity contribution in [1.29, 1.82) is 0 Å². The van der Waals surface area contributed by atoms with E-state index in [1.54, 1.807) is 7.11 Å². The summed E-state index contributed by atoms with van der Waals surface area (Å²) < 4.78 is 7.04. The average molecular weight is 258 g/mol. The van der Waals surface area contributed by atoms with E-state index in [0.29, 0.717) is 18.7 Å². The second-order valence-corrected chi connectivity index (χ2v) is 4.61. The number of rotatable bonds is 2. The first-order chi connectivity index (χ1) is 9.11. The number of hydrogen-bond acceptors (Lipinski definition) is 3. The second kappa shape index (κ2) is 4.12. The van der Waals surface area contributed by atoms with Gasteiger partial charge < -0.3 is 9.30 Å². The lowest BCUT2D eigenvalue weighted by Crippen LogP contribution is -2.30. The van der Waals surface area contributed by atoms with Crippen molar-refractivity contribution in [3.05, 3.63) is 24.3 Å². The molecule has 98 valence electrons. The molecule has 1 aliphatic rings. The summed E-state index contributed by atoms with van der Waals surface area (Å²) in [6.07, 6.45) is 0.591. The number of fused-ring (bicyclic) bond motifs is 1. The fourth-order valence-electron chi connectivity index (χ4n) is 2.49. The first-order valence-electron chi connectivity index (χ1n) is 6.11. The SMILES string of the molecule is COc1ccc2c(c1)cc(N1C(=O)CCC1=O)n2C. The second-order valence-electron chi connectivity index (χ2n) is 4.61. The number of benzene rings is 1. The third kappa shape index (κ3) is 1.69. The van der Waals surface area contributed by atoms with Crippen molar-refractivity contribution in [3.8, 4) is 5.75 Å². The van der Waals surface area contributed by atoms with E-state index < -0.39 is 0 Å². The van der Waals surface area contributed by atoms with E-state index in [4.69, 9.17) is 4.74 Å². The van der Waals surface area contributed by atoms with Crippen molar-refractivity contribution < 1.29 is 14.3 Å². The van der Waals surface area contributed by atoms with E-state index in [-0.39, 0.29) is 11.8 Å². The molecule has 0 N–H and O–H groups in total. The molecule has 19 heavy (non-hydrogen) atoms. The first kappa shape index (κ1) is 11.8. The molecular weight excluding hydrogens is 244 g/mol. The number of methoxy groups -OCH3 is 1. The van der Waals surface area contributed by atoms with E-state index in [2.05, 4.69) is 0 Å². The summed E-state index contributed by atoms with van der Waals surface area (Å²) in [5.74, 6) is 1.10. The molecule has 1 aromatic heterocycles. The van der Waals surface area contributed by atoms with Crippen molar-refractivity contribution in [3.63, 3.8) is 0 Å². The van der Waals surface area contributed by atoms with Crippen molar-refractivity contribution in [2.75, 3.05) is 12.0 Å². The fourth-order valence-corrected chi connectivity index (χ4v) is 2.49. The van der Waals surface area contributed by atoms with Gasteiger partial charge in [0.15, 0.2) is 0 Å². The molecule has 0 unspecified atom stereocenters. The third-order valence-electron chi connectivity index (χ3n) is 3.50. The summed E-state index contributed by atoms with van der Waals surface area (Å²) in [7, 11) is 3.46. The molecule has 0 atom stereocenters. The van der Waals surface area contributed by atoms with E-state index in [0.717, 1.165) is 16.7 Å². The minimum absolute atomic E-state index is 0.136. The van der Waals surface area contributed by atoms with Crippen LogP contribution in [-0.2, 0) is 16.6 Å². The zero-order valence-electron chi connectivity index (χ0n) is 10.8. The van der Waals surface area contributed by atoms with Gasteiger partial charge in [0.05, 0.1) is 7.11 Å². The normalized spacial score (nSPS) is 15.6.